The Kier molecular flexibility index (Phi) is 3.30. The summed E-state index contributed by atoms with van der Waals surface area (Å²) in [5.41, 5.74) is 1.82. The maximum atomic E-state index is 11.9. The molecule has 0 atom stereocenters. The zero-order valence-corrected chi connectivity index (χ0v) is 10.00. The highest BCUT2D eigenvalue weighted by atomic mass is 35.5. The van der Waals surface area contributed by atoms with Gasteiger partial charge in [-0.25, -0.2) is 0 Å². The van der Waals surface area contributed by atoms with Gasteiger partial charge in [0, 0.05) is 36.0 Å². The summed E-state index contributed by atoms with van der Waals surface area (Å²) in [4.78, 5) is 14.0. The molecule has 0 amide bonds. The van der Waals surface area contributed by atoms with Gasteiger partial charge in [0.25, 0.3) is 0 Å². The molecule has 16 heavy (non-hydrogen) atoms. The number of rotatable bonds is 2. The second-order valence-corrected chi connectivity index (χ2v) is 4.47. The van der Waals surface area contributed by atoms with Gasteiger partial charge in [0.05, 0.1) is 0 Å². The number of ketones is 1. The molecule has 0 bridgehead atoms. The molecule has 0 aliphatic carbocycles. The molecule has 1 fully saturated rings. The van der Waals surface area contributed by atoms with Crippen LogP contribution in [0.1, 0.15) is 23.2 Å². The van der Waals surface area contributed by atoms with Gasteiger partial charge < -0.3 is 4.90 Å². The lowest BCUT2D eigenvalue weighted by atomic mass is 10.1. The first-order chi connectivity index (χ1) is 7.66. The van der Waals surface area contributed by atoms with Crippen molar-refractivity contribution in [3.8, 4) is 0 Å². The Balaban J connectivity index is 2.16. The third kappa shape index (κ3) is 2.45. The van der Waals surface area contributed by atoms with E-state index in [4.69, 9.17) is 11.6 Å². The van der Waals surface area contributed by atoms with E-state index < -0.39 is 0 Å². The van der Waals surface area contributed by atoms with Crippen LogP contribution in [0.2, 0.25) is 5.02 Å². The molecule has 1 aliphatic rings. The summed E-state index contributed by atoms with van der Waals surface area (Å²) in [5.74, 6) is 0.0559. The highest BCUT2D eigenvalue weighted by Crippen LogP contribution is 2.19. The molecule has 0 radical (unpaired) electrons. The summed E-state index contributed by atoms with van der Waals surface area (Å²) in [6.45, 7) is 1.04. The normalized spacial score (nSPS) is 18.1. The SMILES string of the molecule is CN1CCC/C1=C/C(=O)c1ccc(Cl)cc1. The van der Waals surface area contributed by atoms with Crippen molar-refractivity contribution >= 4 is 17.4 Å². The highest BCUT2D eigenvalue weighted by molar-refractivity contribution is 6.30. The molecule has 1 aromatic rings. The molecule has 0 aromatic heterocycles. The summed E-state index contributed by atoms with van der Waals surface area (Å²) in [5, 5.41) is 0.655. The third-order valence-corrected chi connectivity index (χ3v) is 3.10. The van der Waals surface area contributed by atoms with E-state index in [1.807, 2.05) is 7.05 Å². The smallest absolute Gasteiger partial charge is 0.187 e. The average Bonchev–Trinajstić information content (AvgIpc) is 2.65. The lowest BCUT2D eigenvalue weighted by molar-refractivity contribution is 0.104. The van der Waals surface area contributed by atoms with Gasteiger partial charge in [0.2, 0.25) is 0 Å². The zero-order chi connectivity index (χ0) is 11.5. The molecule has 0 unspecified atom stereocenters. The van der Waals surface area contributed by atoms with Crippen molar-refractivity contribution in [3.63, 3.8) is 0 Å². The molecule has 1 aliphatic heterocycles. The Hall–Kier alpha value is -1.28. The topological polar surface area (TPSA) is 20.3 Å². The summed E-state index contributed by atoms with van der Waals surface area (Å²) in [6, 6.07) is 7.00. The van der Waals surface area contributed by atoms with Crippen LogP contribution >= 0.6 is 11.6 Å². The molecule has 0 N–H and O–H groups in total. The molecule has 0 saturated carbocycles. The van der Waals surface area contributed by atoms with E-state index in [1.54, 1.807) is 30.3 Å². The summed E-state index contributed by atoms with van der Waals surface area (Å²) < 4.78 is 0. The Bertz CT molecular complexity index is 422. The summed E-state index contributed by atoms with van der Waals surface area (Å²) in [6.07, 6.45) is 3.86. The first kappa shape index (κ1) is 11.2. The van der Waals surface area contributed by atoms with E-state index in [0.717, 1.165) is 25.1 Å². The van der Waals surface area contributed by atoms with Crippen LogP contribution in [0.3, 0.4) is 0 Å². The molecular weight excluding hydrogens is 222 g/mol. The number of carbonyl (C=O) groups is 1. The number of carbonyl (C=O) groups excluding carboxylic acids is 1. The number of halogens is 1. The standard InChI is InChI=1S/C13H14ClNO/c1-15-8-2-3-12(15)9-13(16)10-4-6-11(14)7-5-10/h4-7,9H,2-3,8H2,1H3/b12-9-. The Morgan fingerprint density at radius 1 is 1.38 bits per heavy atom. The van der Waals surface area contributed by atoms with Gasteiger partial charge in [-0.1, -0.05) is 11.6 Å². The fourth-order valence-electron chi connectivity index (χ4n) is 1.86. The number of benzene rings is 1. The molecule has 2 rings (SSSR count). The summed E-state index contributed by atoms with van der Waals surface area (Å²) >= 11 is 5.77. The van der Waals surface area contributed by atoms with Crippen LogP contribution in [0.25, 0.3) is 0 Å². The van der Waals surface area contributed by atoms with E-state index in [0.29, 0.717) is 10.6 Å². The molecule has 2 nitrogen and oxygen atoms in total. The van der Waals surface area contributed by atoms with Gasteiger partial charge in [-0.3, -0.25) is 4.79 Å². The lowest BCUT2D eigenvalue weighted by Gasteiger charge is -2.11. The first-order valence-corrected chi connectivity index (χ1v) is 5.76. The second kappa shape index (κ2) is 4.71. The van der Waals surface area contributed by atoms with Gasteiger partial charge in [0.15, 0.2) is 5.78 Å². The van der Waals surface area contributed by atoms with Crippen molar-refractivity contribution in [1.82, 2.24) is 4.90 Å². The van der Waals surface area contributed by atoms with Crippen molar-refractivity contribution in [2.45, 2.75) is 12.8 Å². The number of allylic oxidation sites excluding steroid dienone is 2. The maximum Gasteiger partial charge on any atom is 0.187 e. The van der Waals surface area contributed by atoms with Crippen molar-refractivity contribution in [2.24, 2.45) is 0 Å². The fourth-order valence-corrected chi connectivity index (χ4v) is 1.99. The Morgan fingerprint density at radius 3 is 2.62 bits per heavy atom. The van der Waals surface area contributed by atoms with E-state index in [1.165, 1.54) is 0 Å². The van der Waals surface area contributed by atoms with Gasteiger partial charge >= 0.3 is 0 Å². The monoisotopic (exact) mass is 235 g/mol. The van der Waals surface area contributed by atoms with Crippen LogP contribution in [-0.2, 0) is 0 Å². The predicted molar refractivity (Wildman–Crippen MR) is 65.7 cm³/mol. The van der Waals surface area contributed by atoms with Crippen LogP contribution in [0.4, 0.5) is 0 Å². The number of nitrogens with zero attached hydrogens (tertiary/aromatic N) is 1. The van der Waals surface area contributed by atoms with E-state index in [2.05, 4.69) is 4.90 Å². The molecule has 84 valence electrons. The maximum absolute atomic E-state index is 11.9. The van der Waals surface area contributed by atoms with Crippen molar-refractivity contribution in [1.29, 1.82) is 0 Å². The van der Waals surface area contributed by atoms with Gasteiger partial charge in [0.1, 0.15) is 0 Å². The van der Waals surface area contributed by atoms with Gasteiger partial charge in [-0.05, 0) is 37.1 Å². The van der Waals surface area contributed by atoms with E-state index >= 15 is 0 Å². The van der Waals surface area contributed by atoms with Crippen molar-refractivity contribution in [3.05, 3.63) is 46.6 Å². The lowest BCUT2D eigenvalue weighted by Crippen LogP contribution is -2.11. The molecular formula is C13H14ClNO. The first-order valence-electron chi connectivity index (χ1n) is 5.38. The van der Waals surface area contributed by atoms with E-state index in [-0.39, 0.29) is 5.78 Å². The predicted octanol–water partition coefficient (Wildman–Crippen LogP) is 3.13. The van der Waals surface area contributed by atoms with Crippen LogP contribution in [0, 0.1) is 0 Å². The zero-order valence-electron chi connectivity index (χ0n) is 9.24. The number of hydrogen-bond donors (Lipinski definition) is 0. The summed E-state index contributed by atoms with van der Waals surface area (Å²) in [7, 11) is 2.02. The minimum atomic E-state index is 0.0559. The minimum absolute atomic E-state index is 0.0559. The van der Waals surface area contributed by atoms with Crippen LogP contribution < -0.4 is 0 Å². The highest BCUT2D eigenvalue weighted by Gasteiger charge is 2.14. The van der Waals surface area contributed by atoms with E-state index in [9.17, 15) is 4.79 Å². The van der Waals surface area contributed by atoms with Crippen LogP contribution in [0.15, 0.2) is 36.0 Å². The number of hydrogen-bond acceptors (Lipinski definition) is 2. The Labute approximate surface area is 101 Å². The third-order valence-electron chi connectivity index (χ3n) is 2.84. The quantitative estimate of drug-likeness (QED) is 0.580. The molecule has 3 heteroatoms. The molecule has 1 saturated heterocycles. The van der Waals surface area contributed by atoms with Gasteiger partial charge in [-0.2, -0.15) is 0 Å². The molecule has 1 heterocycles. The van der Waals surface area contributed by atoms with Crippen LogP contribution in [0.5, 0.6) is 0 Å². The average molecular weight is 236 g/mol. The largest absolute Gasteiger partial charge is 0.378 e. The van der Waals surface area contributed by atoms with Crippen molar-refractivity contribution in [2.75, 3.05) is 13.6 Å². The Morgan fingerprint density at radius 2 is 2.06 bits per heavy atom. The fraction of sp³-hybridized carbons (Fsp3) is 0.308. The molecule has 1 aromatic carbocycles. The minimum Gasteiger partial charge on any atom is -0.378 e. The number of likely N-dealkylation sites (tertiary alicyclic amines) is 1. The van der Waals surface area contributed by atoms with Crippen LogP contribution in [-0.4, -0.2) is 24.3 Å². The molecule has 0 spiro atoms. The second-order valence-electron chi connectivity index (χ2n) is 4.03. The van der Waals surface area contributed by atoms with Crippen molar-refractivity contribution < 1.29 is 4.79 Å². The van der Waals surface area contributed by atoms with Gasteiger partial charge in [-0.15, -0.1) is 0 Å².